The number of rotatable bonds is 8. The minimum absolute atomic E-state index is 0.539. The van der Waals surface area contributed by atoms with Crippen LogP contribution in [-0.2, 0) is 0 Å². The minimum atomic E-state index is 0.539. The molecule has 0 aliphatic heterocycles. The van der Waals surface area contributed by atoms with Gasteiger partial charge in [0.15, 0.2) is 29.1 Å². The van der Waals surface area contributed by atoms with Crippen molar-refractivity contribution >= 4 is 43.6 Å². The molecule has 9 aromatic carbocycles. The van der Waals surface area contributed by atoms with Crippen LogP contribution in [0.25, 0.3) is 123 Å². The lowest BCUT2D eigenvalue weighted by molar-refractivity contribution is 0.955. The molecular weight excluding hydrogens is 833 g/mol. The largest absolute Gasteiger partial charge is 0.309 e. The van der Waals surface area contributed by atoms with E-state index in [2.05, 4.69) is 155 Å². The maximum Gasteiger partial charge on any atom is 0.238 e. The summed E-state index contributed by atoms with van der Waals surface area (Å²) in [5, 5.41) is 4.41. The highest BCUT2D eigenvalue weighted by Crippen LogP contribution is 2.42. The number of benzene rings is 9. The van der Waals surface area contributed by atoms with Gasteiger partial charge in [0, 0.05) is 55.0 Å². The van der Waals surface area contributed by atoms with E-state index >= 15 is 0 Å². The van der Waals surface area contributed by atoms with Gasteiger partial charge in [-0.25, -0.2) is 19.9 Å². The van der Waals surface area contributed by atoms with Crippen molar-refractivity contribution in [3.63, 3.8) is 0 Å². The van der Waals surface area contributed by atoms with Crippen molar-refractivity contribution in [1.82, 2.24) is 39.0 Å². The Morgan fingerprint density at radius 3 is 1.24 bits per heavy atom. The Kier molecular flexibility index (Phi) is 9.31. The van der Waals surface area contributed by atoms with Gasteiger partial charge in [-0.3, -0.25) is 4.57 Å². The fourth-order valence-corrected chi connectivity index (χ4v) is 9.47. The molecule has 0 spiro atoms. The maximum absolute atomic E-state index is 5.34. The molecule has 4 aromatic heterocycles. The Bertz CT molecular complexity index is 3940. The van der Waals surface area contributed by atoms with Crippen molar-refractivity contribution in [1.29, 1.82) is 0 Å². The van der Waals surface area contributed by atoms with Crippen LogP contribution in [0.4, 0.5) is 0 Å². The second-order valence-corrected chi connectivity index (χ2v) is 16.7. The lowest BCUT2D eigenvalue weighted by Gasteiger charge is -2.12. The molecule has 0 bridgehead atoms. The third kappa shape index (κ3) is 6.70. The molecule has 68 heavy (non-hydrogen) atoms. The molecule has 4 heterocycles. The first-order valence-corrected chi connectivity index (χ1v) is 22.6. The highest BCUT2D eigenvalue weighted by Gasteiger charge is 2.24. The third-order valence-corrected chi connectivity index (χ3v) is 12.6. The summed E-state index contributed by atoms with van der Waals surface area (Å²) in [7, 11) is 0. The quantitative estimate of drug-likeness (QED) is 0.151. The van der Waals surface area contributed by atoms with E-state index in [1.54, 1.807) is 0 Å². The van der Waals surface area contributed by atoms with E-state index in [-0.39, 0.29) is 0 Å². The molecule has 13 rings (SSSR count). The molecule has 0 aliphatic carbocycles. The predicted molar refractivity (Wildman–Crippen MR) is 275 cm³/mol. The minimum Gasteiger partial charge on any atom is -0.309 e. The Labute approximate surface area is 391 Å². The standard InChI is InChI=1S/C60H38N8/c1-5-18-39(19-6-1)40-32-34-44(35-33-40)58-64-57(43-24-11-4-12-25-43)65-60(66-58)68-50-30-15-13-28-47(50)48-36-37-52-53(54(48)68)49-29-14-16-31-51(49)67(52)46-27-17-26-45(38-46)59-62-55(41-20-7-2-8-21-41)61-56(63-59)42-22-9-3-10-23-42/h1-38H. The summed E-state index contributed by atoms with van der Waals surface area (Å²) in [6.45, 7) is 0. The fourth-order valence-electron chi connectivity index (χ4n) is 9.47. The molecule has 8 nitrogen and oxygen atoms in total. The number of para-hydroxylation sites is 2. The van der Waals surface area contributed by atoms with Crippen LogP contribution < -0.4 is 0 Å². The van der Waals surface area contributed by atoms with E-state index in [0.717, 1.165) is 88.2 Å². The van der Waals surface area contributed by atoms with Gasteiger partial charge < -0.3 is 4.57 Å². The first kappa shape index (κ1) is 39.0. The number of nitrogens with zero attached hydrogens (tertiary/aromatic N) is 8. The Hall–Kier alpha value is -9.40. The van der Waals surface area contributed by atoms with Gasteiger partial charge in [0.25, 0.3) is 0 Å². The third-order valence-electron chi connectivity index (χ3n) is 12.6. The molecule has 0 saturated carbocycles. The van der Waals surface area contributed by atoms with Gasteiger partial charge in [-0.15, -0.1) is 0 Å². The summed E-state index contributed by atoms with van der Waals surface area (Å²) >= 11 is 0. The van der Waals surface area contributed by atoms with Gasteiger partial charge in [-0.05, 0) is 41.5 Å². The van der Waals surface area contributed by atoms with Crippen molar-refractivity contribution in [2.75, 3.05) is 0 Å². The smallest absolute Gasteiger partial charge is 0.238 e. The molecule has 0 radical (unpaired) electrons. The SMILES string of the molecule is c1ccc(-c2ccc(-c3nc(-c4ccccc4)nc(-n4c5ccccc5c5ccc6c(c7ccccc7n6-c6cccc(-c7nc(-c8ccccc8)nc(-c8ccccc8)n7)c6)c54)n3)cc2)cc1. The van der Waals surface area contributed by atoms with Crippen molar-refractivity contribution in [3.8, 4) is 79.7 Å². The Morgan fingerprint density at radius 1 is 0.250 bits per heavy atom. The van der Waals surface area contributed by atoms with E-state index in [9.17, 15) is 0 Å². The molecule has 0 unspecified atom stereocenters. The number of aromatic nitrogens is 8. The second kappa shape index (κ2) is 16.2. The maximum atomic E-state index is 5.34. The molecule has 0 amide bonds. The molecule has 13 aromatic rings. The van der Waals surface area contributed by atoms with Crippen LogP contribution in [0.5, 0.6) is 0 Å². The lowest BCUT2D eigenvalue weighted by Crippen LogP contribution is -2.06. The average Bonchev–Trinajstić information content (AvgIpc) is 3.95. The fraction of sp³-hybridized carbons (Fsp3) is 0. The van der Waals surface area contributed by atoms with Gasteiger partial charge in [-0.2, -0.15) is 9.97 Å². The normalized spacial score (nSPS) is 11.5. The Balaban J connectivity index is 1.03. The number of hydrogen-bond acceptors (Lipinski definition) is 6. The summed E-state index contributed by atoms with van der Waals surface area (Å²) < 4.78 is 4.58. The van der Waals surface area contributed by atoms with Gasteiger partial charge in [0.2, 0.25) is 5.95 Å². The number of hydrogen-bond donors (Lipinski definition) is 0. The summed E-state index contributed by atoms with van der Waals surface area (Å²) in [6.07, 6.45) is 0. The molecule has 0 saturated heterocycles. The molecule has 0 aliphatic rings. The summed E-state index contributed by atoms with van der Waals surface area (Å²) in [6, 6.07) is 79.3. The predicted octanol–water partition coefficient (Wildman–Crippen LogP) is 14.3. The van der Waals surface area contributed by atoms with E-state index in [1.165, 1.54) is 0 Å². The van der Waals surface area contributed by atoms with Crippen molar-refractivity contribution in [2.24, 2.45) is 0 Å². The first-order chi connectivity index (χ1) is 33.7. The molecule has 0 N–H and O–H groups in total. The van der Waals surface area contributed by atoms with E-state index in [4.69, 9.17) is 29.9 Å². The van der Waals surface area contributed by atoms with Crippen LogP contribution in [0.1, 0.15) is 0 Å². The zero-order valence-electron chi connectivity index (χ0n) is 36.5. The Morgan fingerprint density at radius 2 is 0.662 bits per heavy atom. The van der Waals surface area contributed by atoms with Crippen molar-refractivity contribution < 1.29 is 0 Å². The number of fused-ring (bicyclic) bond motifs is 7. The zero-order chi connectivity index (χ0) is 45.0. The van der Waals surface area contributed by atoms with Crippen LogP contribution in [0.3, 0.4) is 0 Å². The summed E-state index contributed by atoms with van der Waals surface area (Å²) in [5.41, 5.74) is 11.9. The van der Waals surface area contributed by atoms with Crippen molar-refractivity contribution in [2.45, 2.75) is 0 Å². The highest BCUT2D eigenvalue weighted by atomic mass is 15.2. The van der Waals surface area contributed by atoms with Crippen LogP contribution in [0.15, 0.2) is 231 Å². The van der Waals surface area contributed by atoms with Crippen LogP contribution in [0.2, 0.25) is 0 Å². The monoisotopic (exact) mass is 870 g/mol. The molecule has 0 atom stereocenters. The van der Waals surface area contributed by atoms with Crippen molar-refractivity contribution in [3.05, 3.63) is 231 Å². The van der Waals surface area contributed by atoms with E-state index in [1.807, 2.05) is 84.9 Å². The van der Waals surface area contributed by atoms with E-state index in [0.29, 0.717) is 35.1 Å². The van der Waals surface area contributed by atoms with Gasteiger partial charge in [0.05, 0.1) is 22.1 Å². The first-order valence-electron chi connectivity index (χ1n) is 22.6. The van der Waals surface area contributed by atoms with Crippen LogP contribution in [-0.4, -0.2) is 39.0 Å². The average molecular weight is 871 g/mol. The summed E-state index contributed by atoms with van der Waals surface area (Å²) in [4.78, 5) is 30.9. The molecular formula is C60H38N8. The van der Waals surface area contributed by atoms with Gasteiger partial charge >= 0.3 is 0 Å². The highest BCUT2D eigenvalue weighted by molar-refractivity contribution is 6.26. The zero-order valence-corrected chi connectivity index (χ0v) is 36.5. The molecule has 318 valence electrons. The second-order valence-electron chi connectivity index (χ2n) is 16.7. The van der Waals surface area contributed by atoms with Gasteiger partial charge in [-0.1, -0.05) is 200 Å². The molecule has 8 heteroatoms. The summed E-state index contributed by atoms with van der Waals surface area (Å²) in [5.74, 6) is 3.56. The topological polar surface area (TPSA) is 87.2 Å². The lowest BCUT2D eigenvalue weighted by atomic mass is 10.0. The molecule has 0 fully saturated rings. The van der Waals surface area contributed by atoms with Gasteiger partial charge in [0.1, 0.15) is 0 Å². The van der Waals surface area contributed by atoms with Crippen LogP contribution >= 0.6 is 0 Å². The van der Waals surface area contributed by atoms with Crippen LogP contribution in [0, 0.1) is 0 Å². The van der Waals surface area contributed by atoms with E-state index < -0.39 is 0 Å².